The maximum Gasteiger partial charge on any atom is 0.262 e. The Kier molecular flexibility index (Phi) is 5.26. The molecular formula is C21H21N5O2S. The average Bonchev–Trinajstić information content (AvgIpc) is 3.29. The van der Waals surface area contributed by atoms with Crippen molar-refractivity contribution in [3.63, 3.8) is 0 Å². The second-order valence-electron chi connectivity index (χ2n) is 6.89. The number of carbonyl (C=O) groups is 1. The highest BCUT2D eigenvalue weighted by Gasteiger charge is 2.14. The summed E-state index contributed by atoms with van der Waals surface area (Å²) in [6.07, 6.45) is 1.43. The minimum atomic E-state index is -0.238. The van der Waals surface area contributed by atoms with Gasteiger partial charge in [0.15, 0.2) is 0 Å². The molecule has 0 aliphatic rings. The quantitative estimate of drug-likeness (QED) is 0.533. The predicted octanol–water partition coefficient (Wildman–Crippen LogP) is 2.64. The lowest BCUT2D eigenvalue weighted by Crippen LogP contribution is -2.32. The van der Waals surface area contributed by atoms with Gasteiger partial charge in [-0.3, -0.25) is 18.8 Å². The van der Waals surface area contributed by atoms with Crippen molar-refractivity contribution in [3.05, 3.63) is 81.0 Å². The van der Waals surface area contributed by atoms with Crippen LogP contribution in [0.1, 0.15) is 22.5 Å². The normalized spacial score (nSPS) is 11.1. The van der Waals surface area contributed by atoms with E-state index in [0.29, 0.717) is 23.3 Å². The molecule has 1 amide bonds. The second-order valence-corrected chi connectivity index (χ2v) is 7.78. The van der Waals surface area contributed by atoms with E-state index in [1.165, 1.54) is 27.8 Å². The van der Waals surface area contributed by atoms with Crippen molar-refractivity contribution in [3.8, 4) is 0 Å². The lowest BCUT2D eigenvalue weighted by atomic mass is 10.2. The smallest absolute Gasteiger partial charge is 0.262 e. The van der Waals surface area contributed by atoms with E-state index in [1.54, 1.807) is 6.07 Å². The summed E-state index contributed by atoms with van der Waals surface area (Å²) in [6, 6.07) is 11.9. The molecule has 0 bridgehead atoms. The number of hydrogen-bond acceptors (Lipinski definition) is 5. The fraction of sp³-hybridized carbons (Fsp3) is 0.238. The topological polar surface area (TPSA) is 81.8 Å². The monoisotopic (exact) mass is 407 g/mol. The van der Waals surface area contributed by atoms with E-state index in [0.717, 1.165) is 17.0 Å². The summed E-state index contributed by atoms with van der Waals surface area (Å²) in [5.74, 6) is -0.238. The molecule has 0 saturated heterocycles. The molecule has 0 spiro atoms. The molecule has 0 fully saturated rings. The van der Waals surface area contributed by atoms with Gasteiger partial charge in [0.25, 0.3) is 5.56 Å². The summed E-state index contributed by atoms with van der Waals surface area (Å²) in [7, 11) is 0. The van der Waals surface area contributed by atoms with Crippen molar-refractivity contribution in [2.45, 2.75) is 33.5 Å². The van der Waals surface area contributed by atoms with Gasteiger partial charge in [-0.25, -0.2) is 4.98 Å². The number of nitrogens with zero attached hydrogens (tertiary/aromatic N) is 4. The zero-order chi connectivity index (χ0) is 20.4. The molecular weight excluding hydrogens is 386 g/mol. The summed E-state index contributed by atoms with van der Waals surface area (Å²) in [5.41, 5.74) is 3.87. The van der Waals surface area contributed by atoms with Gasteiger partial charge >= 0.3 is 0 Å². The maximum absolute atomic E-state index is 12.4. The largest absolute Gasteiger partial charge is 0.350 e. The molecule has 1 aromatic carbocycles. The first-order valence-corrected chi connectivity index (χ1v) is 10.2. The molecule has 148 valence electrons. The number of hydrogen-bond donors (Lipinski definition) is 1. The minimum Gasteiger partial charge on any atom is -0.350 e. The van der Waals surface area contributed by atoms with E-state index in [9.17, 15) is 9.59 Å². The van der Waals surface area contributed by atoms with Crippen molar-refractivity contribution in [1.82, 2.24) is 24.6 Å². The highest BCUT2D eigenvalue weighted by Crippen LogP contribution is 2.15. The van der Waals surface area contributed by atoms with Crippen LogP contribution in [0.4, 0.5) is 0 Å². The third kappa shape index (κ3) is 3.97. The molecule has 1 N–H and O–H groups in total. The highest BCUT2D eigenvalue weighted by molar-refractivity contribution is 7.16. The van der Waals surface area contributed by atoms with Crippen LogP contribution in [-0.2, 0) is 24.4 Å². The Morgan fingerprint density at radius 1 is 1.17 bits per heavy atom. The molecule has 0 saturated carbocycles. The lowest BCUT2D eigenvalue weighted by molar-refractivity contribution is -0.121. The van der Waals surface area contributed by atoms with Gasteiger partial charge in [0.05, 0.1) is 24.0 Å². The third-order valence-corrected chi connectivity index (χ3v) is 5.75. The summed E-state index contributed by atoms with van der Waals surface area (Å²) in [6.45, 7) is 4.93. The SMILES string of the molecule is Cc1nn(Cc2ccccc2)c(C)c1CNC(=O)Cn1cnc2sccc2c1=O. The number of aryl methyl sites for hydroxylation is 1. The number of fused-ring (bicyclic) bond motifs is 1. The molecule has 4 aromatic rings. The van der Waals surface area contributed by atoms with Crippen LogP contribution >= 0.6 is 11.3 Å². The molecule has 3 heterocycles. The van der Waals surface area contributed by atoms with Crippen LogP contribution in [0.25, 0.3) is 10.2 Å². The van der Waals surface area contributed by atoms with E-state index >= 15 is 0 Å². The molecule has 0 aliphatic heterocycles. The summed E-state index contributed by atoms with van der Waals surface area (Å²) in [5, 5.41) is 9.87. The number of carbonyl (C=O) groups excluding carboxylic acids is 1. The van der Waals surface area contributed by atoms with Crippen LogP contribution in [-0.4, -0.2) is 25.2 Å². The molecule has 4 rings (SSSR count). The van der Waals surface area contributed by atoms with Crippen molar-refractivity contribution < 1.29 is 4.79 Å². The third-order valence-electron chi connectivity index (χ3n) is 4.93. The first kappa shape index (κ1) is 19.1. The Bertz CT molecular complexity index is 1220. The minimum absolute atomic E-state index is 0.0616. The van der Waals surface area contributed by atoms with E-state index in [2.05, 4.69) is 27.5 Å². The first-order valence-electron chi connectivity index (χ1n) is 9.29. The van der Waals surface area contributed by atoms with Crippen LogP contribution in [0, 0.1) is 13.8 Å². The average molecular weight is 407 g/mol. The fourth-order valence-electron chi connectivity index (χ4n) is 3.30. The van der Waals surface area contributed by atoms with Gasteiger partial charge in [0.1, 0.15) is 11.4 Å². The second kappa shape index (κ2) is 8.00. The Morgan fingerprint density at radius 2 is 1.97 bits per heavy atom. The van der Waals surface area contributed by atoms with Crippen molar-refractivity contribution in [2.75, 3.05) is 0 Å². The van der Waals surface area contributed by atoms with E-state index in [1.807, 2.05) is 42.1 Å². The van der Waals surface area contributed by atoms with E-state index < -0.39 is 0 Å². The number of rotatable bonds is 6. The summed E-state index contributed by atoms with van der Waals surface area (Å²) < 4.78 is 3.29. The van der Waals surface area contributed by atoms with Gasteiger partial charge in [-0.05, 0) is 30.9 Å². The van der Waals surface area contributed by atoms with E-state index in [4.69, 9.17) is 0 Å². The Labute approximate surface area is 171 Å². The Morgan fingerprint density at radius 3 is 2.76 bits per heavy atom. The fourth-order valence-corrected chi connectivity index (χ4v) is 4.03. The van der Waals surface area contributed by atoms with Gasteiger partial charge in [0.2, 0.25) is 5.91 Å². The summed E-state index contributed by atoms with van der Waals surface area (Å²) in [4.78, 5) is 29.7. The molecule has 8 heteroatoms. The number of benzene rings is 1. The maximum atomic E-state index is 12.4. The summed E-state index contributed by atoms with van der Waals surface area (Å²) >= 11 is 1.41. The molecule has 0 radical (unpaired) electrons. The van der Waals surface area contributed by atoms with Crippen molar-refractivity contribution >= 4 is 27.5 Å². The Hall–Kier alpha value is -3.26. The molecule has 7 nitrogen and oxygen atoms in total. The molecule has 3 aromatic heterocycles. The van der Waals surface area contributed by atoms with Crippen LogP contribution in [0.15, 0.2) is 52.9 Å². The van der Waals surface area contributed by atoms with Crippen molar-refractivity contribution in [2.24, 2.45) is 0 Å². The number of thiophene rings is 1. The molecule has 29 heavy (non-hydrogen) atoms. The Balaban J connectivity index is 1.43. The highest BCUT2D eigenvalue weighted by atomic mass is 32.1. The van der Waals surface area contributed by atoms with Crippen LogP contribution in [0.2, 0.25) is 0 Å². The zero-order valence-corrected chi connectivity index (χ0v) is 17.1. The van der Waals surface area contributed by atoms with Crippen molar-refractivity contribution in [1.29, 1.82) is 0 Å². The lowest BCUT2D eigenvalue weighted by Gasteiger charge is -2.08. The van der Waals surface area contributed by atoms with Gasteiger partial charge in [-0.15, -0.1) is 11.3 Å². The van der Waals surface area contributed by atoms with Crippen LogP contribution in [0.3, 0.4) is 0 Å². The molecule has 0 unspecified atom stereocenters. The van der Waals surface area contributed by atoms with Crippen LogP contribution < -0.4 is 10.9 Å². The standard InChI is InChI=1S/C21H21N5O2S/c1-14-18(15(2)26(24-14)11-16-6-4-3-5-7-16)10-22-19(27)12-25-13-23-20-17(21(25)28)8-9-29-20/h3-9,13H,10-12H2,1-2H3,(H,22,27). The number of nitrogens with one attached hydrogen (secondary N) is 1. The number of aromatic nitrogens is 4. The predicted molar refractivity (Wildman–Crippen MR) is 113 cm³/mol. The van der Waals surface area contributed by atoms with Gasteiger partial charge in [-0.1, -0.05) is 30.3 Å². The first-order chi connectivity index (χ1) is 14.0. The molecule has 0 aliphatic carbocycles. The van der Waals surface area contributed by atoms with Crippen LogP contribution in [0.5, 0.6) is 0 Å². The number of amides is 1. The van der Waals surface area contributed by atoms with Gasteiger partial charge < -0.3 is 5.32 Å². The van der Waals surface area contributed by atoms with E-state index in [-0.39, 0.29) is 18.0 Å². The zero-order valence-electron chi connectivity index (χ0n) is 16.3. The van der Waals surface area contributed by atoms with Gasteiger partial charge in [-0.2, -0.15) is 5.10 Å². The van der Waals surface area contributed by atoms with Gasteiger partial charge in [0, 0.05) is 17.8 Å². The molecule has 0 atom stereocenters.